The molecule has 0 atom stereocenters. The van der Waals surface area contributed by atoms with Crippen LogP contribution in [-0.4, -0.2) is 11.4 Å². The van der Waals surface area contributed by atoms with Gasteiger partial charge < -0.3 is 11.5 Å². The summed E-state index contributed by atoms with van der Waals surface area (Å²) in [6.07, 6.45) is 1.31. The van der Waals surface area contributed by atoms with Crippen LogP contribution in [0.4, 0.5) is 0 Å². The summed E-state index contributed by atoms with van der Waals surface area (Å²) in [4.78, 5) is 10.6. The highest BCUT2D eigenvalue weighted by Gasteiger charge is 2.39. The monoisotopic (exact) mass is 128 g/mol. The van der Waals surface area contributed by atoms with Crippen LogP contribution in [0.2, 0.25) is 0 Å². The van der Waals surface area contributed by atoms with Crippen molar-refractivity contribution >= 4 is 5.78 Å². The Morgan fingerprint density at radius 2 is 2.00 bits per heavy atom. The standard InChI is InChI=1S/C6H12N2O/c1-4(9)5-2-6(7,8)3-5/h5H,2-3,7-8H2,1H3. The second-order valence-corrected chi connectivity index (χ2v) is 2.95. The van der Waals surface area contributed by atoms with Gasteiger partial charge in [-0.05, 0) is 19.8 Å². The molecular weight excluding hydrogens is 116 g/mol. The molecule has 0 heterocycles. The van der Waals surface area contributed by atoms with Crippen LogP contribution in [0.15, 0.2) is 0 Å². The SMILES string of the molecule is CC(=O)C1CC(N)(N)C1. The van der Waals surface area contributed by atoms with Gasteiger partial charge in [-0.25, -0.2) is 0 Å². The lowest BCUT2D eigenvalue weighted by Gasteiger charge is -2.40. The van der Waals surface area contributed by atoms with Crippen molar-refractivity contribution in [3.05, 3.63) is 0 Å². The average Bonchev–Trinajstić information content (AvgIpc) is 1.59. The van der Waals surface area contributed by atoms with E-state index in [1.807, 2.05) is 0 Å². The maximum atomic E-state index is 10.6. The zero-order valence-electron chi connectivity index (χ0n) is 5.55. The normalized spacial score (nSPS) is 25.2. The van der Waals surface area contributed by atoms with E-state index in [-0.39, 0.29) is 11.7 Å². The van der Waals surface area contributed by atoms with Gasteiger partial charge in [0.25, 0.3) is 0 Å². The maximum absolute atomic E-state index is 10.6. The Hall–Kier alpha value is -0.410. The van der Waals surface area contributed by atoms with Crippen molar-refractivity contribution < 1.29 is 4.79 Å². The number of hydrogen-bond acceptors (Lipinski definition) is 3. The van der Waals surface area contributed by atoms with Crippen molar-refractivity contribution in [1.29, 1.82) is 0 Å². The highest BCUT2D eigenvalue weighted by atomic mass is 16.1. The van der Waals surface area contributed by atoms with Crippen molar-refractivity contribution in [1.82, 2.24) is 0 Å². The summed E-state index contributed by atoms with van der Waals surface area (Å²) in [5.41, 5.74) is 10.4. The Labute approximate surface area is 54.4 Å². The van der Waals surface area contributed by atoms with Gasteiger partial charge in [-0.2, -0.15) is 0 Å². The number of ketones is 1. The fourth-order valence-electron chi connectivity index (χ4n) is 1.15. The second-order valence-electron chi connectivity index (χ2n) is 2.95. The Balaban J connectivity index is 2.35. The molecule has 0 radical (unpaired) electrons. The third-order valence-electron chi connectivity index (χ3n) is 1.83. The molecule has 1 aliphatic carbocycles. The zero-order valence-corrected chi connectivity index (χ0v) is 5.55. The number of carbonyl (C=O) groups is 1. The third kappa shape index (κ3) is 1.28. The summed E-state index contributed by atoms with van der Waals surface area (Å²) in [6.45, 7) is 1.58. The molecule has 0 aliphatic heterocycles. The first-order chi connectivity index (χ1) is 4.01. The van der Waals surface area contributed by atoms with Crippen LogP contribution >= 0.6 is 0 Å². The van der Waals surface area contributed by atoms with E-state index in [4.69, 9.17) is 11.5 Å². The Morgan fingerprint density at radius 1 is 1.56 bits per heavy atom. The predicted octanol–water partition coefficient (Wildman–Crippen LogP) is -0.401. The minimum Gasteiger partial charge on any atom is -0.313 e. The first-order valence-electron chi connectivity index (χ1n) is 3.09. The van der Waals surface area contributed by atoms with E-state index >= 15 is 0 Å². The van der Waals surface area contributed by atoms with Gasteiger partial charge in [0.05, 0.1) is 5.66 Å². The molecule has 4 N–H and O–H groups in total. The summed E-state index contributed by atoms with van der Waals surface area (Å²) >= 11 is 0. The van der Waals surface area contributed by atoms with Crippen LogP contribution < -0.4 is 11.5 Å². The van der Waals surface area contributed by atoms with E-state index in [0.717, 1.165) is 0 Å². The fourth-order valence-corrected chi connectivity index (χ4v) is 1.15. The first-order valence-corrected chi connectivity index (χ1v) is 3.09. The van der Waals surface area contributed by atoms with Gasteiger partial charge in [0.2, 0.25) is 0 Å². The third-order valence-corrected chi connectivity index (χ3v) is 1.83. The number of carbonyl (C=O) groups excluding carboxylic acids is 1. The van der Waals surface area contributed by atoms with Gasteiger partial charge in [0.15, 0.2) is 0 Å². The molecule has 1 rings (SSSR count). The summed E-state index contributed by atoms with van der Waals surface area (Å²) in [5.74, 6) is 0.349. The van der Waals surface area contributed by atoms with Gasteiger partial charge in [-0.15, -0.1) is 0 Å². The summed E-state index contributed by atoms with van der Waals surface area (Å²) in [5, 5.41) is 0. The predicted molar refractivity (Wildman–Crippen MR) is 34.5 cm³/mol. The van der Waals surface area contributed by atoms with Gasteiger partial charge >= 0.3 is 0 Å². The first kappa shape index (κ1) is 6.71. The van der Waals surface area contributed by atoms with Gasteiger partial charge in [0.1, 0.15) is 5.78 Å². The van der Waals surface area contributed by atoms with Crippen LogP contribution in [0.3, 0.4) is 0 Å². The van der Waals surface area contributed by atoms with Crippen LogP contribution in [0.1, 0.15) is 19.8 Å². The lowest BCUT2D eigenvalue weighted by molar-refractivity contribution is -0.125. The molecule has 0 unspecified atom stereocenters. The lowest BCUT2D eigenvalue weighted by atomic mass is 9.74. The van der Waals surface area contributed by atoms with Crippen molar-refractivity contribution in [2.45, 2.75) is 25.4 Å². The van der Waals surface area contributed by atoms with E-state index in [9.17, 15) is 4.79 Å². The number of Topliss-reactive ketones (excluding diaryl/α,β-unsaturated/α-hetero) is 1. The van der Waals surface area contributed by atoms with Gasteiger partial charge in [-0.3, -0.25) is 4.79 Å². The van der Waals surface area contributed by atoms with E-state index in [1.165, 1.54) is 0 Å². The molecule has 1 aliphatic rings. The molecule has 1 saturated carbocycles. The Kier molecular flexibility index (Phi) is 1.33. The van der Waals surface area contributed by atoms with Gasteiger partial charge in [0, 0.05) is 5.92 Å². The summed E-state index contributed by atoms with van der Waals surface area (Å²) < 4.78 is 0. The Bertz CT molecular complexity index is 134. The molecule has 0 saturated heterocycles. The van der Waals surface area contributed by atoms with E-state index in [2.05, 4.69) is 0 Å². The zero-order chi connectivity index (χ0) is 7.07. The topological polar surface area (TPSA) is 69.1 Å². The molecule has 3 heteroatoms. The molecule has 0 aromatic rings. The van der Waals surface area contributed by atoms with E-state index in [1.54, 1.807) is 6.92 Å². The molecule has 0 aromatic heterocycles. The Morgan fingerprint density at radius 3 is 2.11 bits per heavy atom. The van der Waals surface area contributed by atoms with Crippen LogP contribution in [0, 0.1) is 5.92 Å². The van der Waals surface area contributed by atoms with Crippen LogP contribution in [0.5, 0.6) is 0 Å². The minimum atomic E-state index is -0.545. The smallest absolute Gasteiger partial charge is 0.133 e. The lowest BCUT2D eigenvalue weighted by Crippen LogP contribution is -2.60. The number of hydrogen-bond donors (Lipinski definition) is 2. The van der Waals surface area contributed by atoms with Crippen LogP contribution in [0.25, 0.3) is 0 Å². The minimum absolute atomic E-state index is 0.139. The molecule has 3 nitrogen and oxygen atoms in total. The molecule has 0 spiro atoms. The maximum Gasteiger partial charge on any atom is 0.133 e. The molecule has 9 heavy (non-hydrogen) atoms. The molecule has 0 amide bonds. The highest BCUT2D eigenvalue weighted by molar-refractivity contribution is 5.79. The fraction of sp³-hybridized carbons (Fsp3) is 0.833. The van der Waals surface area contributed by atoms with Crippen molar-refractivity contribution in [3.63, 3.8) is 0 Å². The van der Waals surface area contributed by atoms with Crippen LogP contribution in [-0.2, 0) is 4.79 Å². The number of nitrogens with two attached hydrogens (primary N) is 2. The van der Waals surface area contributed by atoms with Crippen molar-refractivity contribution in [2.24, 2.45) is 17.4 Å². The number of rotatable bonds is 1. The summed E-state index contributed by atoms with van der Waals surface area (Å²) in [6, 6.07) is 0. The molecule has 0 aromatic carbocycles. The molecule has 52 valence electrons. The summed E-state index contributed by atoms with van der Waals surface area (Å²) in [7, 11) is 0. The van der Waals surface area contributed by atoms with E-state index < -0.39 is 5.66 Å². The van der Waals surface area contributed by atoms with Gasteiger partial charge in [-0.1, -0.05) is 0 Å². The molecule has 0 bridgehead atoms. The van der Waals surface area contributed by atoms with E-state index in [0.29, 0.717) is 12.8 Å². The average molecular weight is 128 g/mol. The largest absolute Gasteiger partial charge is 0.313 e. The second kappa shape index (κ2) is 1.78. The highest BCUT2D eigenvalue weighted by Crippen LogP contribution is 2.31. The molecule has 1 fully saturated rings. The molecular formula is C6H12N2O. The quantitative estimate of drug-likeness (QED) is 0.472. The van der Waals surface area contributed by atoms with Crippen molar-refractivity contribution in [2.75, 3.05) is 0 Å². The van der Waals surface area contributed by atoms with Crippen molar-refractivity contribution in [3.8, 4) is 0 Å².